The van der Waals surface area contributed by atoms with Crippen molar-refractivity contribution in [2.75, 3.05) is 5.32 Å². The summed E-state index contributed by atoms with van der Waals surface area (Å²) < 4.78 is 0. The number of hydrogen-bond donors (Lipinski definition) is 3. The molecule has 0 aliphatic carbocycles. The van der Waals surface area contributed by atoms with Crippen molar-refractivity contribution in [3.05, 3.63) is 117 Å². The van der Waals surface area contributed by atoms with Crippen LogP contribution in [0.15, 0.2) is 117 Å². The molecular formula is C25H16N2O2. The number of aliphatic hydroxyl groups is 1. The minimum absolute atomic E-state index is 0.420. The smallest absolute Gasteiger partial charge is 0.319 e. The van der Waals surface area contributed by atoms with E-state index in [9.17, 15) is 9.90 Å². The normalized spacial score (nSPS) is 9.31. The lowest BCUT2D eigenvalue weighted by molar-refractivity contribution is 0.179. The zero-order valence-electron chi connectivity index (χ0n) is 15.7. The zero-order valence-corrected chi connectivity index (χ0v) is 15.7. The zero-order chi connectivity index (χ0) is 21.2. The summed E-state index contributed by atoms with van der Waals surface area (Å²) in [5.41, 5.74) is 33.0. The molecule has 0 heterocycles. The first kappa shape index (κ1) is 22.4. The molecule has 0 aromatic heterocycles. The molecule has 0 bridgehead atoms. The maximum atomic E-state index is 11.9. The van der Waals surface area contributed by atoms with Crippen LogP contribution < -0.4 is 10.6 Å². The van der Waals surface area contributed by atoms with Crippen LogP contribution in [0.5, 0.6) is 0 Å². The summed E-state index contributed by atoms with van der Waals surface area (Å²) in [5.74, 6) is 0. The molecule has 1 aromatic carbocycles. The van der Waals surface area contributed by atoms with E-state index in [1.165, 1.54) is 6.08 Å². The van der Waals surface area contributed by atoms with E-state index < -0.39 is 18.2 Å². The third-order valence-corrected chi connectivity index (χ3v) is 2.94. The summed E-state index contributed by atoms with van der Waals surface area (Å²) >= 11 is 0. The van der Waals surface area contributed by atoms with Crippen molar-refractivity contribution in [2.45, 2.75) is 19.1 Å². The lowest BCUT2D eigenvalue weighted by Gasteiger charge is -2.17. The van der Waals surface area contributed by atoms with Crippen LogP contribution in [0.25, 0.3) is 0 Å². The number of urea groups is 1. The lowest BCUT2D eigenvalue weighted by Crippen LogP contribution is -2.42. The number of benzene rings is 1. The van der Waals surface area contributed by atoms with Gasteiger partial charge in [0.1, 0.15) is 6.10 Å². The minimum atomic E-state index is -0.955. The predicted octanol–water partition coefficient (Wildman–Crippen LogP) is 3.76. The summed E-state index contributed by atoms with van der Waals surface area (Å²) in [6.07, 6.45) is 0.385. The van der Waals surface area contributed by atoms with Gasteiger partial charge in [-0.05, 0) is 94.8 Å². The first-order chi connectivity index (χ1) is 14.1. The van der Waals surface area contributed by atoms with Crippen molar-refractivity contribution in [1.82, 2.24) is 5.32 Å². The maximum absolute atomic E-state index is 11.9. The Kier molecular flexibility index (Phi) is 11.2. The lowest BCUT2D eigenvalue weighted by atomic mass is 10.2. The number of anilines is 1. The molecule has 0 fully saturated rings. The van der Waals surface area contributed by atoms with Crippen molar-refractivity contribution in [1.29, 1.82) is 0 Å². The molecule has 0 unspecified atom stereocenters. The summed E-state index contributed by atoms with van der Waals surface area (Å²) in [6, 6.07) is 8.03. The van der Waals surface area contributed by atoms with Gasteiger partial charge in [-0.15, -0.1) is 0 Å². The Labute approximate surface area is 169 Å². The average Bonchev–Trinajstić information content (AvgIpc) is 2.71. The largest absolute Gasteiger partial charge is 0.386 e. The van der Waals surface area contributed by atoms with E-state index >= 15 is 0 Å². The molecule has 138 valence electrons. The topological polar surface area (TPSA) is 61.4 Å². The van der Waals surface area contributed by atoms with Gasteiger partial charge in [0.15, 0.2) is 0 Å². The number of amides is 2. The number of nitrogens with one attached hydrogen (secondary N) is 2. The fourth-order valence-corrected chi connectivity index (χ4v) is 1.61. The summed E-state index contributed by atoms with van der Waals surface area (Å²) in [6.45, 7) is 4.97. The average molecular weight is 376 g/mol. The molecule has 0 aliphatic rings. The van der Waals surface area contributed by atoms with Crippen LogP contribution in [0.4, 0.5) is 10.5 Å². The molecule has 0 aliphatic heterocycles. The predicted molar refractivity (Wildman–Crippen MR) is 110 cm³/mol. The Morgan fingerprint density at radius 3 is 2.00 bits per heavy atom. The highest BCUT2D eigenvalue weighted by molar-refractivity contribution is 5.89. The molecule has 1 rings (SSSR count). The number of rotatable bonds is 4. The molecule has 0 saturated carbocycles. The SMILES string of the molecule is C=C=C=C=C=C=C=C=C=C=C=C=C=C=C[C@H](O)[C@H](C)NC(=O)Nc1ccccc1. The first-order valence-corrected chi connectivity index (χ1v) is 8.30. The van der Waals surface area contributed by atoms with Crippen molar-refractivity contribution >= 4 is 11.7 Å². The van der Waals surface area contributed by atoms with Crippen LogP contribution in [0.1, 0.15) is 6.92 Å². The van der Waals surface area contributed by atoms with Gasteiger partial charge >= 0.3 is 6.03 Å². The second kappa shape index (κ2) is 14.5. The number of hydrogen-bond acceptors (Lipinski definition) is 2. The van der Waals surface area contributed by atoms with Gasteiger partial charge in [0.25, 0.3) is 0 Å². The second-order valence-corrected chi connectivity index (χ2v) is 5.11. The Balaban J connectivity index is 2.77. The molecule has 2 amide bonds. The van der Waals surface area contributed by atoms with Crippen molar-refractivity contribution in [3.8, 4) is 0 Å². The van der Waals surface area contributed by atoms with E-state index in [1.54, 1.807) is 19.1 Å². The van der Waals surface area contributed by atoms with Gasteiger partial charge in [-0.25, -0.2) is 4.79 Å². The highest BCUT2D eigenvalue weighted by Gasteiger charge is 2.13. The number of carbonyl (C=O) groups is 1. The summed E-state index contributed by atoms with van der Waals surface area (Å²) in [4.78, 5) is 11.9. The van der Waals surface area contributed by atoms with Crippen LogP contribution in [0.3, 0.4) is 0 Å². The van der Waals surface area contributed by atoms with E-state index in [-0.39, 0.29) is 0 Å². The highest BCUT2D eigenvalue weighted by atomic mass is 16.3. The van der Waals surface area contributed by atoms with Crippen molar-refractivity contribution in [3.63, 3.8) is 0 Å². The van der Waals surface area contributed by atoms with Gasteiger partial charge in [-0.2, -0.15) is 0 Å². The quantitative estimate of drug-likeness (QED) is 0.701. The molecule has 0 saturated heterocycles. The van der Waals surface area contributed by atoms with Crippen molar-refractivity contribution in [2.24, 2.45) is 0 Å². The van der Waals surface area contributed by atoms with Gasteiger partial charge in [0, 0.05) is 5.69 Å². The Bertz CT molecular complexity index is 1220. The number of aliphatic hydroxyl groups excluding tert-OH is 1. The monoisotopic (exact) mass is 376 g/mol. The second-order valence-electron chi connectivity index (χ2n) is 5.11. The van der Waals surface area contributed by atoms with E-state index in [2.05, 4.69) is 91.7 Å². The van der Waals surface area contributed by atoms with Crippen LogP contribution in [-0.4, -0.2) is 23.3 Å². The molecule has 3 N–H and O–H groups in total. The fraction of sp³-hybridized carbons (Fsp3) is 0.120. The van der Waals surface area contributed by atoms with Crippen LogP contribution in [-0.2, 0) is 0 Å². The minimum Gasteiger partial charge on any atom is -0.386 e. The van der Waals surface area contributed by atoms with E-state index in [0.29, 0.717) is 5.69 Å². The molecule has 4 heteroatoms. The van der Waals surface area contributed by atoms with Gasteiger partial charge in [-0.3, -0.25) is 0 Å². The third-order valence-electron chi connectivity index (χ3n) is 2.94. The first-order valence-electron chi connectivity index (χ1n) is 8.30. The van der Waals surface area contributed by atoms with E-state index in [1.807, 2.05) is 18.2 Å². The molecule has 29 heavy (non-hydrogen) atoms. The molecule has 0 spiro atoms. The summed E-state index contributed by atoms with van der Waals surface area (Å²) in [5, 5.41) is 15.3. The summed E-state index contributed by atoms with van der Waals surface area (Å²) in [7, 11) is 0. The van der Waals surface area contributed by atoms with E-state index in [4.69, 9.17) is 0 Å². The molecule has 4 nitrogen and oxygen atoms in total. The van der Waals surface area contributed by atoms with Gasteiger partial charge in [0.2, 0.25) is 0 Å². The third kappa shape index (κ3) is 11.5. The molecule has 0 radical (unpaired) electrons. The Morgan fingerprint density at radius 1 is 0.931 bits per heavy atom. The van der Waals surface area contributed by atoms with Gasteiger partial charge in [-0.1, -0.05) is 29.7 Å². The van der Waals surface area contributed by atoms with Gasteiger partial charge < -0.3 is 15.7 Å². The Morgan fingerprint density at radius 2 is 1.45 bits per heavy atom. The van der Waals surface area contributed by atoms with Crippen LogP contribution >= 0.6 is 0 Å². The molecular weight excluding hydrogens is 360 g/mol. The van der Waals surface area contributed by atoms with Crippen molar-refractivity contribution < 1.29 is 9.90 Å². The number of carbonyl (C=O) groups excluding carboxylic acids is 1. The molecule has 1 aromatic rings. The maximum Gasteiger partial charge on any atom is 0.319 e. The number of para-hydroxylation sites is 1. The standard InChI is InChI=1S/C25H16N2O2/c1-3-4-5-6-7-8-9-10-11-12-13-14-18-21-24(28)22(2)26-25(29)27-23-19-16-15-17-20-23/h15-17,19-22,24,28H,1H2,2H3,(H2,26,27,29)/t22-,24-/m0/s1. The van der Waals surface area contributed by atoms with Crippen LogP contribution in [0, 0.1) is 0 Å². The Hall–Kier alpha value is -4.67. The highest BCUT2D eigenvalue weighted by Crippen LogP contribution is 2.04. The van der Waals surface area contributed by atoms with Crippen LogP contribution in [0.2, 0.25) is 0 Å². The molecule has 2 atom stereocenters. The van der Waals surface area contributed by atoms with E-state index in [0.717, 1.165) is 0 Å². The fourth-order valence-electron chi connectivity index (χ4n) is 1.61. The van der Waals surface area contributed by atoms with Gasteiger partial charge in [0.05, 0.1) is 6.04 Å².